The average molecular weight is 321 g/mol. The van der Waals surface area contributed by atoms with Crippen LogP contribution in [0.3, 0.4) is 0 Å². The summed E-state index contributed by atoms with van der Waals surface area (Å²) in [5, 5.41) is 2.83. The van der Waals surface area contributed by atoms with E-state index in [-0.39, 0.29) is 17.1 Å². The SMILES string of the molecule is O=C(Nc1ncccn1)c1cnc(OC2CCOC2)c(Cl)c1. The third-order valence-corrected chi connectivity index (χ3v) is 3.30. The van der Waals surface area contributed by atoms with Crippen LogP contribution >= 0.6 is 11.6 Å². The van der Waals surface area contributed by atoms with Gasteiger partial charge in [0.25, 0.3) is 5.91 Å². The number of hydrogen-bond acceptors (Lipinski definition) is 6. The van der Waals surface area contributed by atoms with Gasteiger partial charge in [0.15, 0.2) is 0 Å². The minimum absolute atomic E-state index is 0.0533. The highest BCUT2D eigenvalue weighted by atomic mass is 35.5. The minimum atomic E-state index is -0.392. The normalized spacial score (nSPS) is 17.2. The Morgan fingerprint density at radius 1 is 1.36 bits per heavy atom. The van der Waals surface area contributed by atoms with Gasteiger partial charge in [0.05, 0.1) is 18.8 Å². The second kappa shape index (κ2) is 6.67. The lowest BCUT2D eigenvalue weighted by Gasteiger charge is -2.12. The molecule has 8 heteroatoms. The molecule has 0 spiro atoms. The maximum atomic E-state index is 12.1. The summed E-state index contributed by atoms with van der Waals surface area (Å²) in [7, 11) is 0. The van der Waals surface area contributed by atoms with E-state index >= 15 is 0 Å². The van der Waals surface area contributed by atoms with Crippen molar-refractivity contribution in [2.24, 2.45) is 0 Å². The fraction of sp³-hybridized carbons (Fsp3) is 0.286. The van der Waals surface area contributed by atoms with Crippen LogP contribution in [0.1, 0.15) is 16.8 Å². The largest absolute Gasteiger partial charge is 0.471 e. The number of aromatic nitrogens is 3. The molecular formula is C14H13ClN4O3. The second-order valence-corrected chi connectivity index (χ2v) is 5.05. The number of carbonyl (C=O) groups excluding carboxylic acids is 1. The van der Waals surface area contributed by atoms with Crippen molar-refractivity contribution in [2.45, 2.75) is 12.5 Å². The van der Waals surface area contributed by atoms with Crippen molar-refractivity contribution in [1.29, 1.82) is 0 Å². The number of ether oxygens (including phenoxy) is 2. The number of pyridine rings is 1. The van der Waals surface area contributed by atoms with Gasteiger partial charge in [0.1, 0.15) is 11.1 Å². The molecule has 1 atom stereocenters. The highest BCUT2D eigenvalue weighted by molar-refractivity contribution is 6.32. The Kier molecular flexibility index (Phi) is 4.45. The number of carbonyl (C=O) groups is 1. The summed E-state index contributed by atoms with van der Waals surface area (Å²) < 4.78 is 10.9. The van der Waals surface area contributed by atoms with Crippen molar-refractivity contribution >= 4 is 23.5 Å². The highest BCUT2D eigenvalue weighted by Crippen LogP contribution is 2.25. The number of nitrogens with zero attached hydrogens (tertiary/aromatic N) is 3. The van der Waals surface area contributed by atoms with Gasteiger partial charge in [-0.25, -0.2) is 15.0 Å². The molecule has 1 aliphatic heterocycles. The zero-order valence-electron chi connectivity index (χ0n) is 11.5. The van der Waals surface area contributed by atoms with Gasteiger partial charge in [0.2, 0.25) is 11.8 Å². The Morgan fingerprint density at radius 2 is 2.18 bits per heavy atom. The lowest BCUT2D eigenvalue weighted by Crippen LogP contribution is -2.18. The summed E-state index contributed by atoms with van der Waals surface area (Å²) in [6.07, 6.45) is 5.21. The molecular weight excluding hydrogens is 308 g/mol. The highest BCUT2D eigenvalue weighted by Gasteiger charge is 2.20. The molecule has 7 nitrogen and oxygen atoms in total. The van der Waals surface area contributed by atoms with Crippen molar-refractivity contribution < 1.29 is 14.3 Å². The Bertz CT molecular complexity index is 662. The number of amides is 1. The standard InChI is InChI=1S/C14H13ClN4O3/c15-11-6-9(12(20)19-14-16-3-1-4-17-14)7-18-13(11)22-10-2-5-21-8-10/h1,3-4,6-7,10H,2,5,8H2,(H,16,17,19,20). The first kappa shape index (κ1) is 14.7. The first-order chi connectivity index (χ1) is 10.7. The molecule has 1 unspecified atom stereocenters. The van der Waals surface area contributed by atoms with Gasteiger partial charge in [-0.15, -0.1) is 0 Å². The van der Waals surface area contributed by atoms with Gasteiger partial charge < -0.3 is 9.47 Å². The van der Waals surface area contributed by atoms with E-state index in [2.05, 4.69) is 20.3 Å². The van der Waals surface area contributed by atoms with E-state index in [1.54, 1.807) is 6.07 Å². The minimum Gasteiger partial charge on any atom is -0.471 e. The van der Waals surface area contributed by atoms with Crippen molar-refractivity contribution in [3.8, 4) is 5.88 Å². The van der Waals surface area contributed by atoms with Crippen molar-refractivity contribution in [1.82, 2.24) is 15.0 Å². The van der Waals surface area contributed by atoms with Crippen molar-refractivity contribution in [3.05, 3.63) is 41.3 Å². The van der Waals surface area contributed by atoms with E-state index < -0.39 is 5.91 Å². The molecule has 1 fully saturated rings. The summed E-state index contributed by atoms with van der Waals surface area (Å²) in [5.74, 6) is 0.119. The Labute approximate surface area is 131 Å². The van der Waals surface area contributed by atoms with Crippen LogP contribution in [0.4, 0.5) is 5.95 Å². The number of nitrogens with one attached hydrogen (secondary N) is 1. The average Bonchev–Trinajstić information content (AvgIpc) is 3.03. The number of anilines is 1. The molecule has 1 aliphatic rings. The lowest BCUT2D eigenvalue weighted by molar-refractivity contribution is 0.102. The molecule has 0 bridgehead atoms. The predicted molar refractivity (Wildman–Crippen MR) is 79.1 cm³/mol. The smallest absolute Gasteiger partial charge is 0.259 e. The van der Waals surface area contributed by atoms with Gasteiger partial charge in [-0.05, 0) is 12.1 Å². The number of hydrogen-bond donors (Lipinski definition) is 1. The molecule has 0 aliphatic carbocycles. The van der Waals surface area contributed by atoms with Gasteiger partial charge in [-0.2, -0.15) is 0 Å². The molecule has 1 saturated heterocycles. The maximum Gasteiger partial charge on any atom is 0.259 e. The van der Waals surface area contributed by atoms with Crippen LogP contribution in [-0.2, 0) is 4.74 Å². The van der Waals surface area contributed by atoms with Gasteiger partial charge in [-0.1, -0.05) is 11.6 Å². The molecule has 22 heavy (non-hydrogen) atoms. The van der Waals surface area contributed by atoms with E-state index in [1.807, 2.05) is 0 Å². The van der Waals surface area contributed by atoms with E-state index in [0.29, 0.717) is 24.7 Å². The van der Waals surface area contributed by atoms with Crippen LogP contribution in [0, 0.1) is 0 Å². The van der Waals surface area contributed by atoms with Gasteiger partial charge in [-0.3, -0.25) is 10.1 Å². The Morgan fingerprint density at radius 3 is 2.86 bits per heavy atom. The van der Waals surface area contributed by atoms with E-state index in [9.17, 15) is 4.79 Å². The second-order valence-electron chi connectivity index (χ2n) is 4.64. The molecule has 0 radical (unpaired) electrons. The Balaban J connectivity index is 1.69. The fourth-order valence-corrected chi connectivity index (χ4v) is 2.15. The van der Waals surface area contributed by atoms with Gasteiger partial charge in [0, 0.05) is 25.0 Å². The monoisotopic (exact) mass is 320 g/mol. The summed E-state index contributed by atoms with van der Waals surface area (Å²) >= 11 is 6.12. The number of halogens is 1. The molecule has 3 rings (SSSR count). The molecule has 2 aromatic rings. The van der Waals surface area contributed by atoms with E-state index in [1.165, 1.54) is 24.7 Å². The first-order valence-corrected chi connectivity index (χ1v) is 7.08. The first-order valence-electron chi connectivity index (χ1n) is 6.70. The van der Waals surface area contributed by atoms with Crippen LogP contribution in [-0.4, -0.2) is 40.2 Å². The maximum absolute atomic E-state index is 12.1. The van der Waals surface area contributed by atoms with Crippen LogP contribution < -0.4 is 10.1 Å². The third-order valence-electron chi connectivity index (χ3n) is 3.03. The van der Waals surface area contributed by atoms with Crippen LogP contribution in [0.5, 0.6) is 5.88 Å². The van der Waals surface area contributed by atoms with Crippen LogP contribution in [0.2, 0.25) is 5.02 Å². The quantitative estimate of drug-likeness (QED) is 0.926. The summed E-state index contributed by atoms with van der Waals surface area (Å²) in [5.41, 5.74) is 0.299. The summed E-state index contributed by atoms with van der Waals surface area (Å²) in [4.78, 5) is 24.0. The molecule has 2 aromatic heterocycles. The fourth-order valence-electron chi connectivity index (χ4n) is 1.94. The molecule has 1 N–H and O–H groups in total. The van der Waals surface area contributed by atoms with Crippen molar-refractivity contribution in [2.75, 3.05) is 18.5 Å². The molecule has 3 heterocycles. The van der Waals surface area contributed by atoms with Gasteiger partial charge >= 0.3 is 0 Å². The predicted octanol–water partition coefficient (Wildman–Crippen LogP) is 1.94. The van der Waals surface area contributed by atoms with Crippen LogP contribution in [0.25, 0.3) is 0 Å². The zero-order valence-corrected chi connectivity index (χ0v) is 12.3. The summed E-state index contributed by atoms with van der Waals surface area (Å²) in [6, 6.07) is 3.16. The zero-order chi connectivity index (χ0) is 15.4. The Hall–Kier alpha value is -2.25. The lowest BCUT2D eigenvalue weighted by atomic mass is 10.2. The van der Waals surface area contributed by atoms with E-state index in [0.717, 1.165) is 6.42 Å². The number of rotatable bonds is 4. The topological polar surface area (TPSA) is 86.2 Å². The third kappa shape index (κ3) is 3.49. The molecule has 1 amide bonds. The van der Waals surface area contributed by atoms with Crippen molar-refractivity contribution in [3.63, 3.8) is 0 Å². The molecule has 0 saturated carbocycles. The molecule has 114 valence electrons. The molecule has 0 aromatic carbocycles. The van der Waals surface area contributed by atoms with E-state index in [4.69, 9.17) is 21.1 Å². The van der Waals surface area contributed by atoms with Crippen LogP contribution in [0.15, 0.2) is 30.7 Å². The summed E-state index contributed by atoms with van der Waals surface area (Å²) in [6.45, 7) is 1.19.